The molecule has 1 aromatic carbocycles. The van der Waals surface area contributed by atoms with Gasteiger partial charge in [-0.3, -0.25) is 0 Å². The second kappa shape index (κ2) is 6.68. The van der Waals surface area contributed by atoms with Gasteiger partial charge in [0.15, 0.2) is 0 Å². The van der Waals surface area contributed by atoms with Gasteiger partial charge in [-0.2, -0.15) is 0 Å². The number of hydrogen-bond donors (Lipinski definition) is 0. The minimum Gasteiger partial charge on any atom is -0.489 e. The van der Waals surface area contributed by atoms with Gasteiger partial charge < -0.3 is 18.7 Å². The molecule has 0 spiro atoms. The van der Waals surface area contributed by atoms with Crippen LogP contribution in [0.1, 0.15) is 47.6 Å². The predicted octanol–water partition coefficient (Wildman–Crippen LogP) is 3.84. The summed E-state index contributed by atoms with van der Waals surface area (Å²) in [5, 5.41) is 3.92. The lowest BCUT2D eigenvalue weighted by Gasteiger charge is -2.53. The van der Waals surface area contributed by atoms with Gasteiger partial charge in [0.05, 0.1) is 22.9 Å². The number of esters is 1. The van der Waals surface area contributed by atoms with Gasteiger partial charge in [-0.25, -0.2) is 4.79 Å². The molecule has 0 amide bonds. The van der Waals surface area contributed by atoms with Crippen molar-refractivity contribution < 1.29 is 23.5 Å². The Hall–Kier alpha value is -2.34. The largest absolute Gasteiger partial charge is 0.489 e. The molecule has 2 heterocycles. The molecule has 1 aliphatic heterocycles. The number of carbonyl (C=O) groups is 1. The third kappa shape index (κ3) is 3.12. The van der Waals surface area contributed by atoms with Crippen molar-refractivity contribution in [2.24, 2.45) is 11.3 Å². The Kier molecular flexibility index (Phi) is 4.46. The summed E-state index contributed by atoms with van der Waals surface area (Å²) in [5.74, 6) is 1.34. The highest BCUT2D eigenvalue weighted by atomic mass is 16.6. The predicted molar refractivity (Wildman–Crippen MR) is 97.6 cm³/mol. The molecule has 6 heteroatoms. The smallest absolute Gasteiger partial charge is 0.338 e. The molecule has 4 rings (SSSR count). The molecule has 1 saturated carbocycles. The van der Waals surface area contributed by atoms with E-state index in [1.807, 2.05) is 19.9 Å². The highest BCUT2D eigenvalue weighted by Gasteiger charge is 2.61. The first-order valence-electron chi connectivity index (χ1n) is 9.35. The van der Waals surface area contributed by atoms with Gasteiger partial charge in [-0.1, -0.05) is 25.1 Å². The summed E-state index contributed by atoms with van der Waals surface area (Å²) in [6.07, 6.45) is 1.04. The average molecular weight is 371 g/mol. The molecular weight excluding hydrogens is 346 g/mol. The summed E-state index contributed by atoms with van der Waals surface area (Å²) in [5.41, 5.74) is 2.08. The van der Waals surface area contributed by atoms with Crippen LogP contribution < -0.4 is 4.74 Å². The molecule has 0 N–H and O–H groups in total. The second-order valence-corrected chi connectivity index (χ2v) is 8.01. The minimum atomic E-state index is -0.318. The number of ether oxygens (including phenoxy) is 3. The maximum Gasteiger partial charge on any atom is 0.338 e. The molecule has 27 heavy (non-hydrogen) atoms. The Balaban J connectivity index is 1.42. The van der Waals surface area contributed by atoms with Crippen LogP contribution in [-0.4, -0.2) is 29.9 Å². The Labute approximate surface area is 158 Å². The van der Waals surface area contributed by atoms with Crippen LogP contribution in [0.5, 0.6) is 5.75 Å². The highest BCUT2D eigenvalue weighted by Crippen LogP contribution is 2.53. The Morgan fingerprint density at radius 3 is 2.89 bits per heavy atom. The van der Waals surface area contributed by atoms with Crippen LogP contribution in [0.3, 0.4) is 0 Å². The molecule has 1 aromatic heterocycles. The quantitative estimate of drug-likeness (QED) is 0.744. The molecule has 2 fully saturated rings. The van der Waals surface area contributed by atoms with Crippen LogP contribution >= 0.6 is 0 Å². The lowest BCUT2D eigenvalue weighted by atomic mass is 9.59. The third-order valence-electron chi connectivity index (χ3n) is 5.86. The van der Waals surface area contributed by atoms with Crippen molar-refractivity contribution in [2.45, 2.75) is 52.9 Å². The van der Waals surface area contributed by atoms with Crippen LogP contribution in [0.15, 0.2) is 28.8 Å². The second-order valence-electron chi connectivity index (χ2n) is 8.01. The maximum absolute atomic E-state index is 12.7. The van der Waals surface area contributed by atoms with E-state index in [4.69, 9.17) is 18.7 Å². The molecular formula is C21H25NO5. The van der Waals surface area contributed by atoms with E-state index in [1.54, 1.807) is 18.2 Å². The van der Waals surface area contributed by atoms with Crippen LogP contribution in [0.25, 0.3) is 0 Å². The van der Waals surface area contributed by atoms with Crippen LogP contribution in [0.4, 0.5) is 0 Å². The van der Waals surface area contributed by atoms with E-state index in [-0.39, 0.29) is 23.6 Å². The topological polar surface area (TPSA) is 70.8 Å². The van der Waals surface area contributed by atoms with Gasteiger partial charge >= 0.3 is 5.97 Å². The van der Waals surface area contributed by atoms with E-state index >= 15 is 0 Å². The molecule has 1 aliphatic carbocycles. The van der Waals surface area contributed by atoms with Crippen molar-refractivity contribution in [2.75, 3.05) is 6.61 Å². The van der Waals surface area contributed by atoms with Gasteiger partial charge in [0.2, 0.25) is 0 Å². The highest BCUT2D eigenvalue weighted by molar-refractivity contribution is 5.90. The first-order valence-corrected chi connectivity index (χ1v) is 9.35. The number of nitrogens with zero attached hydrogens (tertiary/aromatic N) is 1. The molecule has 144 valence electrons. The van der Waals surface area contributed by atoms with Gasteiger partial charge in [-0.15, -0.1) is 0 Å². The summed E-state index contributed by atoms with van der Waals surface area (Å²) < 4.78 is 22.6. The van der Waals surface area contributed by atoms with E-state index in [0.717, 1.165) is 30.0 Å². The number of carbonyl (C=O) groups excluding carboxylic acids is 1. The molecule has 3 atom stereocenters. The summed E-state index contributed by atoms with van der Waals surface area (Å²) in [6, 6.07) is 7.09. The third-order valence-corrected chi connectivity index (χ3v) is 5.86. The van der Waals surface area contributed by atoms with Crippen molar-refractivity contribution in [3.63, 3.8) is 0 Å². The summed E-state index contributed by atoms with van der Waals surface area (Å²) in [4.78, 5) is 12.7. The normalized spacial score (nSPS) is 25.6. The van der Waals surface area contributed by atoms with Gasteiger partial charge in [0.1, 0.15) is 24.2 Å². The monoisotopic (exact) mass is 371 g/mol. The maximum atomic E-state index is 12.7. The molecule has 6 nitrogen and oxygen atoms in total. The molecule has 1 saturated heterocycles. The van der Waals surface area contributed by atoms with Crippen LogP contribution in [0, 0.1) is 25.2 Å². The number of aromatic nitrogens is 1. The van der Waals surface area contributed by atoms with E-state index < -0.39 is 0 Å². The molecule has 2 aromatic rings. The fourth-order valence-electron chi connectivity index (χ4n) is 4.28. The van der Waals surface area contributed by atoms with E-state index in [1.165, 1.54) is 0 Å². The lowest BCUT2D eigenvalue weighted by molar-refractivity contribution is -0.183. The molecule has 2 aliphatic rings. The Morgan fingerprint density at radius 2 is 2.15 bits per heavy atom. The average Bonchev–Trinajstić information content (AvgIpc) is 3.24. The number of aryl methyl sites for hydroxylation is 2. The summed E-state index contributed by atoms with van der Waals surface area (Å²) in [6.45, 7) is 9.02. The van der Waals surface area contributed by atoms with Gasteiger partial charge in [0, 0.05) is 17.9 Å². The number of fused-ring (bicyclic) bond motifs is 1. The molecule has 0 radical (unpaired) electrons. The zero-order chi connectivity index (χ0) is 19.2. The first kappa shape index (κ1) is 18.0. The van der Waals surface area contributed by atoms with Gasteiger partial charge in [0.25, 0.3) is 0 Å². The van der Waals surface area contributed by atoms with Crippen molar-refractivity contribution in [3.8, 4) is 5.75 Å². The van der Waals surface area contributed by atoms with E-state index in [9.17, 15) is 4.79 Å². The van der Waals surface area contributed by atoms with Crippen molar-refractivity contribution in [3.05, 3.63) is 46.8 Å². The number of rotatable bonds is 5. The van der Waals surface area contributed by atoms with E-state index in [0.29, 0.717) is 23.8 Å². The van der Waals surface area contributed by atoms with Crippen molar-refractivity contribution in [1.29, 1.82) is 0 Å². The van der Waals surface area contributed by atoms with E-state index in [2.05, 4.69) is 19.0 Å². The van der Waals surface area contributed by atoms with Crippen molar-refractivity contribution >= 4 is 5.97 Å². The summed E-state index contributed by atoms with van der Waals surface area (Å²) in [7, 11) is 0. The summed E-state index contributed by atoms with van der Waals surface area (Å²) >= 11 is 0. The zero-order valence-electron chi connectivity index (χ0n) is 16.2. The number of hydrogen-bond acceptors (Lipinski definition) is 6. The Morgan fingerprint density at radius 1 is 1.33 bits per heavy atom. The fourth-order valence-corrected chi connectivity index (χ4v) is 4.28. The van der Waals surface area contributed by atoms with Gasteiger partial charge in [-0.05, 0) is 38.5 Å². The standard InChI is InChI=1S/C21H25NO5/c1-12-17(13(2)27-22-12)11-25-15-7-5-6-14(10-15)20(23)26-19-16-8-9-24-18(16)21(19,3)4/h5-7,10,16,18-19H,8-9,11H2,1-4H3/t16-,18-,19+/m0/s1. The Bertz CT molecular complexity index is 837. The lowest BCUT2D eigenvalue weighted by Crippen LogP contribution is -2.61. The molecule has 0 bridgehead atoms. The zero-order valence-corrected chi connectivity index (χ0v) is 16.2. The minimum absolute atomic E-state index is 0.107. The first-order chi connectivity index (χ1) is 12.9. The van der Waals surface area contributed by atoms with Crippen molar-refractivity contribution in [1.82, 2.24) is 5.16 Å². The number of benzene rings is 1. The fraction of sp³-hybridized carbons (Fsp3) is 0.524. The molecule has 0 unspecified atom stereocenters. The SMILES string of the molecule is Cc1noc(C)c1COc1cccc(C(=O)O[C@@H]2[C@H]3CCO[C@@H]3C2(C)C)c1. The van der Waals surface area contributed by atoms with Crippen LogP contribution in [0.2, 0.25) is 0 Å². The van der Waals surface area contributed by atoms with Crippen LogP contribution in [-0.2, 0) is 16.1 Å².